The first-order valence-corrected chi connectivity index (χ1v) is 11.2. The summed E-state index contributed by atoms with van der Waals surface area (Å²) in [7, 11) is 1.86. The lowest BCUT2D eigenvalue weighted by Crippen LogP contribution is -2.26. The molecule has 0 N–H and O–H groups in total. The molecule has 0 heterocycles. The molecule has 3 rings (SSSR count). The Bertz CT molecular complexity index is 1090. The Balaban J connectivity index is 1.81. The van der Waals surface area contributed by atoms with Crippen molar-refractivity contribution in [2.24, 2.45) is 0 Å². The number of benzene rings is 3. The van der Waals surface area contributed by atoms with Crippen LogP contribution in [0.4, 0.5) is 5.69 Å². The van der Waals surface area contributed by atoms with E-state index in [1.54, 1.807) is 11.0 Å². The van der Waals surface area contributed by atoms with Gasteiger partial charge >= 0.3 is 0 Å². The van der Waals surface area contributed by atoms with Crippen molar-refractivity contribution in [2.45, 2.75) is 40.0 Å². The molecular formula is C30H33NO. The van der Waals surface area contributed by atoms with Gasteiger partial charge in [-0.15, -0.1) is 0 Å². The second kappa shape index (κ2) is 10.8. The van der Waals surface area contributed by atoms with Gasteiger partial charge < -0.3 is 4.90 Å². The third-order valence-electron chi connectivity index (χ3n) is 5.76. The average Bonchev–Trinajstić information content (AvgIpc) is 2.77. The molecule has 3 aromatic rings. The molecule has 0 aliphatic carbocycles. The van der Waals surface area contributed by atoms with Gasteiger partial charge in [0.1, 0.15) is 0 Å². The van der Waals surface area contributed by atoms with Crippen LogP contribution in [0.25, 0.3) is 6.08 Å². The van der Waals surface area contributed by atoms with Crippen molar-refractivity contribution in [2.75, 3.05) is 11.9 Å². The van der Waals surface area contributed by atoms with Gasteiger partial charge in [-0.3, -0.25) is 4.79 Å². The Kier molecular flexibility index (Phi) is 7.83. The lowest BCUT2D eigenvalue weighted by Gasteiger charge is -2.22. The lowest BCUT2D eigenvalue weighted by molar-refractivity contribution is -0.114. The highest BCUT2D eigenvalue weighted by molar-refractivity contribution is 6.02. The summed E-state index contributed by atoms with van der Waals surface area (Å²) in [5, 5.41) is 0. The summed E-state index contributed by atoms with van der Waals surface area (Å²) in [5.74, 6) is 0.213. The number of amides is 1. The minimum atomic E-state index is 0.0106. The van der Waals surface area contributed by atoms with Crippen LogP contribution in [0.2, 0.25) is 0 Å². The van der Waals surface area contributed by atoms with Gasteiger partial charge in [-0.05, 0) is 56.4 Å². The second-order valence-electron chi connectivity index (χ2n) is 8.63. The van der Waals surface area contributed by atoms with Crippen molar-refractivity contribution in [3.05, 3.63) is 118 Å². The Labute approximate surface area is 192 Å². The molecule has 0 spiro atoms. The summed E-state index contributed by atoms with van der Waals surface area (Å²) in [6.07, 6.45) is 6.98. The maximum atomic E-state index is 13.1. The topological polar surface area (TPSA) is 20.3 Å². The number of allylic oxidation sites excluding steroid dienone is 2. The average molecular weight is 424 g/mol. The van der Waals surface area contributed by atoms with Crippen LogP contribution in [-0.2, 0) is 4.79 Å². The van der Waals surface area contributed by atoms with Crippen molar-refractivity contribution in [1.82, 2.24) is 0 Å². The predicted octanol–water partition coefficient (Wildman–Crippen LogP) is 7.41. The molecule has 0 aliphatic heterocycles. The van der Waals surface area contributed by atoms with E-state index in [9.17, 15) is 4.79 Å². The van der Waals surface area contributed by atoms with Gasteiger partial charge in [-0.1, -0.05) is 96.1 Å². The van der Waals surface area contributed by atoms with Crippen molar-refractivity contribution >= 4 is 17.7 Å². The summed E-state index contributed by atoms with van der Waals surface area (Å²) in [6.45, 7) is 8.26. The molecule has 0 aliphatic rings. The monoisotopic (exact) mass is 423 g/mol. The smallest absolute Gasteiger partial charge is 0.250 e. The fourth-order valence-electron chi connectivity index (χ4n) is 4.31. The van der Waals surface area contributed by atoms with Crippen LogP contribution in [0.5, 0.6) is 0 Å². The van der Waals surface area contributed by atoms with Gasteiger partial charge in [0.15, 0.2) is 0 Å². The van der Waals surface area contributed by atoms with Crippen LogP contribution in [0.3, 0.4) is 0 Å². The highest BCUT2D eigenvalue weighted by Gasteiger charge is 2.15. The molecule has 0 fully saturated rings. The number of likely N-dealkylation sites (N-methyl/N-ethyl adjacent to an activating group) is 1. The minimum absolute atomic E-state index is 0.0106. The Hall–Kier alpha value is -3.39. The van der Waals surface area contributed by atoms with E-state index < -0.39 is 0 Å². The van der Waals surface area contributed by atoms with Crippen molar-refractivity contribution in [3.8, 4) is 0 Å². The third-order valence-corrected chi connectivity index (χ3v) is 5.76. The van der Waals surface area contributed by atoms with Crippen LogP contribution in [-0.4, -0.2) is 13.0 Å². The number of hydrogen-bond donors (Lipinski definition) is 0. The SMILES string of the molecule is C/C(=C\C(=O)N(C)c1c(C)cc(C)cc1C)CC(/C=C/c1ccccc1)c1ccccc1. The fourth-order valence-corrected chi connectivity index (χ4v) is 4.31. The summed E-state index contributed by atoms with van der Waals surface area (Å²) in [5.41, 5.74) is 7.95. The normalized spacial score (nSPS) is 12.7. The zero-order valence-corrected chi connectivity index (χ0v) is 19.8. The number of hydrogen-bond acceptors (Lipinski definition) is 1. The summed E-state index contributed by atoms with van der Waals surface area (Å²) < 4.78 is 0. The molecular weight excluding hydrogens is 390 g/mol. The van der Waals surface area contributed by atoms with Crippen molar-refractivity contribution < 1.29 is 4.79 Å². The molecule has 1 amide bonds. The number of anilines is 1. The van der Waals surface area contributed by atoms with Crippen LogP contribution in [0, 0.1) is 20.8 Å². The first-order chi connectivity index (χ1) is 15.3. The number of carbonyl (C=O) groups excluding carboxylic acids is 1. The van der Waals surface area contributed by atoms with Gasteiger partial charge in [0.05, 0.1) is 0 Å². The molecule has 0 saturated carbocycles. The van der Waals surface area contributed by atoms with E-state index in [4.69, 9.17) is 0 Å². The quantitative estimate of drug-likeness (QED) is 0.362. The van der Waals surface area contributed by atoms with E-state index in [2.05, 4.69) is 81.5 Å². The molecule has 0 bridgehead atoms. The van der Waals surface area contributed by atoms with Crippen LogP contribution in [0.1, 0.15) is 47.1 Å². The van der Waals surface area contributed by atoms with Gasteiger partial charge in [0, 0.05) is 24.7 Å². The van der Waals surface area contributed by atoms with Gasteiger partial charge in [-0.25, -0.2) is 0 Å². The number of nitrogens with zero attached hydrogens (tertiary/aromatic N) is 1. The maximum Gasteiger partial charge on any atom is 0.250 e. The molecule has 3 aromatic carbocycles. The lowest BCUT2D eigenvalue weighted by atomic mass is 9.91. The van der Waals surface area contributed by atoms with E-state index in [1.165, 1.54) is 16.7 Å². The minimum Gasteiger partial charge on any atom is -0.311 e. The fraction of sp³-hybridized carbons (Fsp3) is 0.233. The Morgan fingerprint density at radius 1 is 0.906 bits per heavy atom. The molecule has 1 atom stereocenters. The van der Waals surface area contributed by atoms with Crippen molar-refractivity contribution in [3.63, 3.8) is 0 Å². The van der Waals surface area contributed by atoms with Crippen LogP contribution >= 0.6 is 0 Å². The van der Waals surface area contributed by atoms with Gasteiger partial charge in [0.2, 0.25) is 0 Å². The van der Waals surface area contributed by atoms with Crippen LogP contribution in [0.15, 0.2) is 90.5 Å². The predicted molar refractivity (Wildman–Crippen MR) is 137 cm³/mol. The maximum absolute atomic E-state index is 13.1. The zero-order chi connectivity index (χ0) is 23.1. The van der Waals surface area contributed by atoms with Gasteiger partial charge in [-0.2, -0.15) is 0 Å². The molecule has 2 nitrogen and oxygen atoms in total. The molecule has 0 aromatic heterocycles. The largest absolute Gasteiger partial charge is 0.311 e. The molecule has 1 unspecified atom stereocenters. The highest BCUT2D eigenvalue weighted by atomic mass is 16.2. The number of aryl methyl sites for hydroxylation is 3. The molecule has 164 valence electrons. The Morgan fingerprint density at radius 2 is 1.47 bits per heavy atom. The van der Waals surface area contributed by atoms with E-state index in [-0.39, 0.29) is 11.8 Å². The molecule has 32 heavy (non-hydrogen) atoms. The Morgan fingerprint density at radius 3 is 2.06 bits per heavy atom. The van der Waals surface area contributed by atoms with E-state index >= 15 is 0 Å². The zero-order valence-electron chi connectivity index (χ0n) is 19.8. The van der Waals surface area contributed by atoms with E-state index in [1.807, 2.05) is 38.2 Å². The second-order valence-corrected chi connectivity index (χ2v) is 8.63. The first-order valence-electron chi connectivity index (χ1n) is 11.2. The number of rotatable bonds is 7. The summed E-state index contributed by atoms with van der Waals surface area (Å²) in [4.78, 5) is 14.8. The standard InChI is InChI=1S/C30H33NO/c1-22-18-24(3)30(25(4)19-22)31(5)29(32)21-23(2)20-28(27-14-10-7-11-15-27)17-16-26-12-8-6-9-13-26/h6-19,21,28H,20H2,1-5H3/b17-16+,23-21+. The summed E-state index contributed by atoms with van der Waals surface area (Å²) in [6, 6.07) is 25.1. The van der Waals surface area contributed by atoms with Crippen molar-refractivity contribution in [1.29, 1.82) is 0 Å². The molecule has 2 heteroatoms. The van der Waals surface area contributed by atoms with Gasteiger partial charge in [0.25, 0.3) is 5.91 Å². The number of carbonyl (C=O) groups is 1. The first kappa shape index (κ1) is 23.3. The third kappa shape index (κ3) is 6.07. The highest BCUT2D eigenvalue weighted by Crippen LogP contribution is 2.28. The van der Waals surface area contributed by atoms with E-state index in [0.717, 1.165) is 28.8 Å². The van der Waals surface area contributed by atoms with E-state index in [0.29, 0.717) is 0 Å². The molecule has 0 radical (unpaired) electrons. The molecule has 0 saturated heterocycles. The summed E-state index contributed by atoms with van der Waals surface area (Å²) >= 11 is 0. The van der Waals surface area contributed by atoms with Crippen LogP contribution < -0.4 is 4.90 Å².